The molecule has 3 aromatic rings. The number of carbonyl (C=O) groups excluding carboxylic acids is 2. The van der Waals surface area contributed by atoms with E-state index >= 15 is 0 Å². The van der Waals surface area contributed by atoms with Gasteiger partial charge in [-0.05, 0) is 62.6 Å². The third-order valence-corrected chi connectivity index (χ3v) is 8.75. The van der Waals surface area contributed by atoms with Crippen LogP contribution in [0.25, 0.3) is 0 Å². The summed E-state index contributed by atoms with van der Waals surface area (Å²) in [4.78, 5) is 40.7. The van der Waals surface area contributed by atoms with Gasteiger partial charge in [-0.2, -0.15) is 13.2 Å². The molecule has 2 aromatic carbocycles. The number of anilines is 2. The van der Waals surface area contributed by atoms with Gasteiger partial charge in [0, 0.05) is 68.0 Å². The number of benzene rings is 2. The predicted molar refractivity (Wildman–Crippen MR) is 164 cm³/mol. The number of amides is 1. The number of alkyl halides is 3. The van der Waals surface area contributed by atoms with E-state index in [2.05, 4.69) is 9.88 Å². The molecule has 0 radical (unpaired) electrons. The highest BCUT2D eigenvalue weighted by atomic mass is 32.2. The minimum atomic E-state index is -4.37. The molecule has 0 N–H and O–H groups in total. The topological polar surface area (TPSA) is 78.9 Å². The van der Waals surface area contributed by atoms with Gasteiger partial charge in [0.15, 0.2) is 5.16 Å². The maximum atomic E-state index is 13.3. The third-order valence-electron chi connectivity index (χ3n) is 7.83. The van der Waals surface area contributed by atoms with E-state index < -0.39 is 11.7 Å². The standard InChI is InChI=1S/C32H36F3N5O3S/c1-3-43-30(42)25-9-6-12-40(20-25)29(41)24-8-4-7-23(18-24)21-44-31-36-22(2)17-28(37-31)39-15-13-38(14-16-39)27-11-5-10-26(19-27)32(33,34)35/h4-5,7-8,10-11,17-19,25H,3,6,9,12-16,20-21H2,1-2H3/t25-/m0/s1. The Morgan fingerprint density at radius 1 is 0.977 bits per heavy atom. The van der Waals surface area contributed by atoms with Crippen LogP contribution in [0.3, 0.4) is 0 Å². The van der Waals surface area contributed by atoms with E-state index in [1.165, 1.54) is 23.9 Å². The van der Waals surface area contributed by atoms with E-state index in [1.807, 2.05) is 36.1 Å². The third kappa shape index (κ3) is 7.82. The van der Waals surface area contributed by atoms with E-state index in [4.69, 9.17) is 9.72 Å². The van der Waals surface area contributed by atoms with Gasteiger partial charge in [-0.1, -0.05) is 30.0 Å². The Kier molecular flexibility index (Phi) is 9.97. The summed E-state index contributed by atoms with van der Waals surface area (Å²) in [7, 11) is 0. The zero-order valence-electron chi connectivity index (χ0n) is 24.8. The fourth-order valence-electron chi connectivity index (χ4n) is 5.56. The molecular weight excluding hydrogens is 591 g/mol. The number of piperazine rings is 1. The van der Waals surface area contributed by atoms with Gasteiger partial charge in [-0.3, -0.25) is 9.59 Å². The van der Waals surface area contributed by atoms with E-state index in [-0.39, 0.29) is 17.8 Å². The molecule has 1 atom stereocenters. The number of rotatable bonds is 8. The molecule has 5 rings (SSSR count). The largest absolute Gasteiger partial charge is 0.466 e. The average Bonchev–Trinajstić information content (AvgIpc) is 3.03. The number of nitrogens with zero attached hydrogens (tertiary/aromatic N) is 5. The number of piperidine rings is 1. The van der Waals surface area contributed by atoms with Gasteiger partial charge < -0.3 is 19.4 Å². The van der Waals surface area contributed by atoms with Crippen LogP contribution in [-0.2, 0) is 21.5 Å². The molecule has 2 saturated heterocycles. The van der Waals surface area contributed by atoms with Crippen LogP contribution in [0.2, 0.25) is 0 Å². The molecule has 234 valence electrons. The summed E-state index contributed by atoms with van der Waals surface area (Å²) in [6.45, 7) is 7.39. The first-order valence-electron chi connectivity index (χ1n) is 14.8. The summed E-state index contributed by atoms with van der Waals surface area (Å²) in [6, 6.07) is 14.9. The predicted octanol–water partition coefficient (Wildman–Crippen LogP) is 5.84. The molecule has 3 heterocycles. The van der Waals surface area contributed by atoms with Crippen molar-refractivity contribution in [2.75, 3.05) is 55.7 Å². The first kappa shape index (κ1) is 31.6. The smallest absolute Gasteiger partial charge is 0.416 e. The molecule has 0 spiro atoms. The molecule has 1 aromatic heterocycles. The summed E-state index contributed by atoms with van der Waals surface area (Å²) in [6.07, 6.45) is -2.88. The van der Waals surface area contributed by atoms with Crippen molar-refractivity contribution in [2.24, 2.45) is 5.92 Å². The van der Waals surface area contributed by atoms with Crippen LogP contribution in [0.5, 0.6) is 0 Å². The first-order chi connectivity index (χ1) is 21.1. The molecule has 12 heteroatoms. The van der Waals surface area contributed by atoms with Gasteiger partial charge in [-0.15, -0.1) is 0 Å². The molecule has 2 aliphatic rings. The van der Waals surface area contributed by atoms with Crippen molar-refractivity contribution in [3.8, 4) is 0 Å². The number of hydrogen-bond acceptors (Lipinski definition) is 8. The van der Waals surface area contributed by atoms with E-state index in [9.17, 15) is 22.8 Å². The number of aromatic nitrogens is 2. The fourth-order valence-corrected chi connectivity index (χ4v) is 6.41. The van der Waals surface area contributed by atoms with Crippen molar-refractivity contribution in [3.05, 3.63) is 77.0 Å². The summed E-state index contributed by atoms with van der Waals surface area (Å²) in [5, 5.41) is 0.616. The van der Waals surface area contributed by atoms with Gasteiger partial charge in [0.25, 0.3) is 5.91 Å². The molecule has 2 fully saturated rings. The molecule has 0 unspecified atom stereocenters. The first-order valence-corrected chi connectivity index (χ1v) is 15.8. The highest BCUT2D eigenvalue weighted by Gasteiger charge is 2.32. The Morgan fingerprint density at radius 2 is 1.73 bits per heavy atom. The zero-order chi connectivity index (χ0) is 31.3. The number of likely N-dealkylation sites (tertiary alicyclic amines) is 1. The van der Waals surface area contributed by atoms with Gasteiger partial charge in [0.1, 0.15) is 5.82 Å². The second kappa shape index (κ2) is 13.9. The number of aryl methyl sites for hydroxylation is 1. The quantitative estimate of drug-likeness (QED) is 0.175. The van der Waals surface area contributed by atoms with Crippen molar-refractivity contribution in [1.29, 1.82) is 0 Å². The zero-order valence-corrected chi connectivity index (χ0v) is 25.7. The monoisotopic (exact) mass is 627 g/mol. The molecule has 44 heavy (non-hydrogen) atoms. The van der Waals surface area contributed by atoms with Crippen LogP contribution in [0.15, 0.2) is 59.8 Å². The van der Waals surface area contributed by atoms with Crippen LogP contribution in [-0.4, -0.2) is 72.6 Å². The number of carbonyl (C=O) groups is 2. The second-order valence-corrected chi connectivity index (χ2v) is 11.9. The van der Waals surface area contributed by atoms with Crippen molar-refractivity contribution in [3.63, 3.8) is 0 Å². The van der Waals surface area contributed by atoms with Gasteiger partial charge in [0.05, 0.1) is 18.1 Å². The minimum absolute atomic E-state index is 0.0933. The Bertz CT molecular complexity index is 1480. The van der Waals surface area contributed by atoms with Gasteiger partial charge >= 0.3 is 12.1 Å². The minimum Gasteiger partial charge on any atom is -0.466 e. The second-order valence-electron chi connectivity index (χ2n) is 11.0. The highest BCUT2D eigenvalue weighted by molar-refractivity contribution is 7.98. The van der Waals surface area contributed by atoms with Crippen molar-refractivity contribution < 1.29 is 27.5 Å². The summed E-state index contributed by atoms with van der Waals surface area (Å²) in [5.74, 6) is 0.727. The molecule has 0 bridgehead atoms. The lowest BCUT2D eigenvalue weighted by atomic mass is 9.97. The maximum absolute atomic E-state index is 13.3. The van der Waals surface area contributed by atoms with E-state index in [0.717, 1.165) is 36.0 Å². The lowest BCUT2D eigenvalue weighted by molar-refractivity contribution is -0.149. The number of esters is 1. The van der Waals surface area contributed by atoms with E-state index in [1.54, 1.807) is 24.0 Å². The summed E-state index contributed by atoms with van der Waals surface area (Å²) < 4.78 is 44.7. The van der Waals surface area contributed by atoms with E-state index in [0.29, 0.717) is 68.0 Å². The van der Waals surface area contributed by atoms with Gasteiger partial charge in [-0.25, -0.2) is 9.97 Å². The lowest BCUT2D eigenvalue weighted by Crippen LogP contribution is -2.47. The number of thioether (sulfide) groups is 1. The van der Waals surface area contributed by atoms with Gasteiger partial charge in [0.2, 0.25) is 0 Å². The molecule has 2 aliphatic heterocycles. The van der Waals surface area contributed by atoms with Crippen LogP contribution in [0.1, 0.15) is 46.9 Å². The summed E-state index contributed by atoms with van der Waals surface area (Å²) >= 11 is 1.48. The van der Waals surface area contributed by atoms with Crippen LogP contribution in [0.4, 0.5) is 24.7 Å². The Morgan fingerprint density at radius 3 is 2.48 bits per heavy atom. The average molecular weight is 628 g/mol. The number of hydrogen-bond donors (Lipinski definition) is 0. The number of ether oxygens (including phenoxy) is 1. The Hall–Kier alpha value is -3.80. The Balaban J connectivity index is 1.19. The summed E-state index contributed by atoms with van der Waals surface area (Å²) in [5.41, 5.74) is 2.28. The van der Waals surface area contributed by atoms with Crippen LogP contribution >= 0.6 is 11.8 Å². The lowest BCUT2D eigenvalue weighted by Gasteiger charge is -2.37. The molecule has 0 saturated carbocycles. The molecule has 1 amide bonds. The SMILES string of the molecule is CCOC(=O)[C@H]1CCCN(C(=O)c2cccc(CSc3nc(C)cc(N4CCN(c5cccc(C(F)(F)F)c5)CC4)n3)c2)C1. The highest BCUT2D eigenvalue weighted by Crippen LogP contribution is 2.32. The Labute approximate surface area is 259 Å². The van der Waals surface area contributed by atoms with Crippen LogP contribution in [0, 0.1) is 12.8 Å². The van der Waals surface area contributed by atoms with Crippen molar-refractivity contribution in [1.82, 2.24) is 14.9 Å². The number of halogens is 3. The molecular formula is C32H36F3N5O3S. The fraction of sp³-hybridized carbons (Fsp3) is 0.438. The molecule has 8 nitrogen and oxygen atoms in total. The van der Waals surface area contributed by atoms with Crippen molar-refractivity contribution >= 4 is 35.1 Å². The van der Waals surface area contributed by atoms with Crippen molar-refractivity contribution in [2.45, 2.75) is 43.8 Å². The molecule has 0 aliphatic carbocycles. The maximum Gasteiger partial charge on any atom is 0.416 e. The normalized spacial score (nSPS) is 17.5. The van der Waals surface area contributed by atoms with Crippen LogP contribution < -0.4 is 9.80 Å².